The minimum atomic E-state index is -0.189. The van der Waals surface area contributed by atoms with Gasteiger partial charge in [-0.2, -0.15) is 5.10 Å². The molecule has 1 amide bonds. The van der Waals surface area contributed by atoms with Crippen molar-refractivity contribution in [3.8, 4) is 11.4 Å². The fraction of sp³-hybridized carbons (Fsp3) is 0.111. The normalized spacial score (nSPS) is 10.9. The SMILES string of the molecule is Cn1nc(CNC(=O)c2nc3ccccc3s2)cc1-c1ccccn1. The van der Waals surface area contributed by atoms with Crippen LogP contribution in [0.5, 0.6) is 0 Å². The molecule has 0 aliphatic rings. The van der Waals surface area contributed by atoms with Gasteiger partial charge in [0.1, 0.15) is 0 Å². The summed E-state index contributed by atoms with van der Waals surface area (Å²) in [5.74, 6) is -0.189. The van der Waals surface area contributed by atoms with Crippen LogP contribution >= 0.6 is 11.3 Å². The predicted molar refractivity (Wildman–Crippen MR) is 97.2 cm³/mol. The van der Waals surface area contributed by atoms with Gasteiger partial charge in [-0.25, -0.2) is 4.98 Å². The van der Waals surface area contributed by atoms with Crippen molar-refractivity contribution in [1.82, 2.24) is 25.1 Å². The first-order chi connectivity index (χ1) is 12.2. The molecule has 7 heteroatoms. The number of carbonyl (C=O) groups excluding carboxylic acids is 1. The first kappa shape index (κ1) is 15.5. The smallest absolute Gasteiger partial charge is 0.280 e. The second-order valence-electron chi connectivity index (χ2n) is 5.53. The Kier molecular flexibility index (Phi) is 3.99. The van der Waals surface area contributed by atoms with Gasteiger partial charge in [0.05, 0.1) is 33.8 Å². The fourth-order valence-corrected chi connectivity index (χ4v) is 3.46. The van der Waals surface area contributed by atoms with Gasteiger partial charge in [-0.15, -0.1) is 11.3 Å². The van der Waals surface area contributed by atoms with Gasteiger partial charge < -0.3 is 5.32 Å². The molecule has 0 spiro atoms. The van der Waals surface area contributed by atoms with Crippen molar-refractivity contribution in [2.45, 2.75) is 6.54 Å². The van der Waals surface area contributed by atoms with Gasteiger partial charge in [-0.05, 0) is 30.3 Å². The first-order valence-corrected chi connectivity index (χ1v) is 8.60. The Morgan fingerprint density at radius 3 is 2.84 bits per heavy atom. The summed E-state index contributed by atoms with van der Waals surface area (Å²) in [5, 5.41) is 7.78. The van der Waals surface area contributed by atoms with Crippen LogP contribution in [0.15, 0.2) is 54.7 Å². The third-order valence-corrected chi connectivity index (χ3v) is 4.81. The van der Waals surface area contributed by atoms with Crippen molar-refractivity contribution < 1.29 is 4.79 Å². The summed E-state index contributed by atoms with van der Waals surface area (Å²) >= 11 is 1.39. The van der Waals surface area contributed by atoms with E-state index in [2.05, 4.69) is 20.4 Å². The number of aryl methyl sites for hydroxylation is 1. The molecule has 0 unspecified atom stereocenters. The minimum absolute atomic E-state index is 0.189. The highest BCUT2D eigenvalue weighted by Gasteiger charge is 2.13. The lowest BCUT2D eigenvalue weighted by Crippen LogP contribution is -2.22. The van der Waals surface area contributed by atoms with Crippen molar-refractivity contribution in [3.63, 3.8) is 0 Å². The topological polar surface area (TPSA) is 72.7 Å². The van der Waals surface area contributed by atoms with Crippen LogP contribution in [0.4, 0.5) is 0 Å². The molecule has 6 nitrogen and oxygen atoms in total. The van der Waals surface area contributed by atoms with Gasteiger partial charge in [0.25, 0.3) is 5.91 Å². The Morgan fingerprint density at radius 2 is 2.04 bits per heavy atom. The third kappa shape index (κ3) is 3.14. The van der Waals surface area contributed by atoms with Gasteiger partial charge in [0.15, 0.2) is 5.01 Å². The summed E-state index contributed by atoms with van der Waals surface area (Å²) in [6.07, 6.45) is 1.75. The van der Waals surface area contributed by atoms with Crippen molar-refractivity contribution >= 4 is 27.5 Å². The standard InChI is InChI=1S/C18H15N5OS/c1-23-15(13-6-4-5-9-19-13)10-12(22-23)11-20-17(24)18-21-14-7-2-3-8-16(14)25-18/h2-10H,11H2,1H3,(H,20,24). The highest BCUT2D eigenvalue weighted by atomic mass is 32.1. The molecule has 25 heavy (non-hydrogen) atoms. The van der Waals surface area contributed by atoms with E-state index >= 15 is 0 Å². The lowest BCUT2D eigenvalue weighted by atomic mass is 10.2. The number of aromatic nitrogens is 4. The molecule has 4 rings (SSSR count). The van der Waals surface area contributed by atoms with E-state index in [1.807, 2.05) is 55.6 Å². The molecule has 0 bridgehead atoms. The number of thiazole rings is 1. The molecule has 1 N–H and O–H groups in total. The van der Waals surface area contributed by atoms with Crippen LogP contribution in [0.1, 0.15) is 15.5 Å². The quantitative estimate of drug-likeness (QED) is 0.615. The monoisotopic (exact) mass is 349 g/mol. The van der Waals surface area contributed by atoms with E-state index in [-0.39, 0.29) is 5.91 Å². The Balaban J connectivity index is 1.49. The number of nitrogens with zero attached hydrogens (tertiary/aromatic N) is 4. The largest absolute Gasteiger partial charge is 0.344 e. The maximum absolute atomic E-state index is 12.3. The summed E-state index contributed by atoms with van der Waals surface area (Å²) < 4.78 is 2.77. The molecule has 4 aromatic rings. The van der Waals surface area contributed by atoms with Gasteiger partial charge in [-0.1, -0.05) is 18.2 Å². The van der Waals surface area contributed by atoms with Crippen LogP contribution in [0.3, 0.4) is 0 Å². The summed E-state index contributed by atoms with van der Waals surface area (Å²) in [6.45, 7) is 0.343. The van der Waals surface area contributed by atoms with Crippen LogP contribution in [0.25, 0.3) is 21.6 Å². The molecule has 0 saturated heterocycles. The molecular weight excluding hydrogens is 334 g/mol. The molecule has 3 aromatic heterocycles. The molecule has 0 aliphatic carbocycles. The van der Waals surface area contributed by atoms with Crippen molar-refractivity contribution in [2.75, 3.05) is 0 Å². The number of hydrogen-bond acceptors (Lipinski definition) is 5. The number of carbonyl (C=O) groups is 1. The van der Waals surface area contributed by atoms with E-state index in [9.17, 15) is 4.79 Å². The molecule has 0 fully saturated rings. The molecule has 1 aromatic carbocycles. The van der Waals surface area contributed by atoms with Crippen LogP contribution < -0.4 is 5.32 Å². The number of amides is 1. The lowest BCUT2D eigenvalue weighted by Gasteiger charge is -1.99. The van der Waals surface area contributed by atoms with Gasteiger partial charge in [-0.3, -0.25) is 14.5 Å². The average Bonchev–Trinajstić information content (AvgIpc) is 3.24. The number of para-hydroxylation sites is 1. The summed E-state index contributed by atoms with van der Waals surface area (Å²) in [7, 11) is 1.86. The Bertz CT molecular complexity index is 1010. The van der Waals surface area contributed by atoms with Crippen LogP contribution in [-0.4, -0.2) is 25.7 Å². The number of benzene rings is 1. The highest BCUT2D eigenvalue weighted by molar-refractivity contribution is 7.20. The molecule has 3 heterocycles. The van der Waals surface area contributed by atoms with E-state index in [4.69, 9.17) is 0 Å². The Morgan fingerprint density at radius 1 is 1.20 bits per heavy atom. The van der Waals surface area contributed by atoms with Crippen LogP contribution in [-0.2, 0) is 13.6 Å². The zero-order chi connectivity index (χ0) is 17.2. The lowest BCUT2D eigenvalue weighted by molar-refractivity contribution is 0.0950. The zero-order valence-electron chi connectivity index (χ0n) is 13.5. The molecule has 0 radical (unpaired) electrons. The van der Waals surface area contributed by atoms with Gasteiger partial charge >= 0.3 is 0 Å². The molecule has 124 valence electrons. The van der Waals surface area contributed by atoms with Crippen molar-refractivity contribution in [1.29, 1.82) is 0 Å². The average molecular weight is 349 g/mol. The number of fused-ring (bicyclic) bond motifs is 1. The van der Waals surface area contributed by atoms with E-state index in [0.717, 1.165) is 27.3 Å². The predicted octanol–water partition coefficient (Wildman–Crippen LogP) is 3.02. The molecule has 0 saturated carbocycles. The zero-order valence-corrected chi connectivity index (χ0v) is 14.3. The van der Waals surface area contributed by atoms with Crippen LogP contribution in [0, 0.1) is 0 Å². The van der Waals surface area contributed by atoms with Gasteiger partial charge in [0, 0.05) is 13.2 Å². The van der Waals surface area contributed by atoms with E-state index in [1.165, 1.54) is 11.3 Å². The summed E-state index contributed by atoms with van der Waals surface area (Å²) in [6, 6.07) is 15.4. The second kappa shape index (κ2) is 6.45. The number of rotatable bonds is 4. The highest BCUT2D eigenvalue weighted by Crippen LogP contribution is 2.21. The van der Waals surface area contributed by atoms with Crippen molar-refractivity contribution in [2.24, 2.45) is 7.05 Å². The Hall–Kier alpha value is -3.06. The number of hydrogen-bond donors (Lipinski definition) is 1. The number of nitrogens with one attached hydrogen (secondary N) is 1. The van der Waals surface area contributed by atoms with E-state index < -0.39 is 0 Å². The third-order valence-electron chi connectivity index (χ3n) is 3.78. The van der Waals surface area contributed by atoms with E-state index in [1.54, 1.807) is 10.9 Å². The Labute approximate surface area is 148 Å². The van der Waals surface area contributed by atoms with Gasteiger partial charge in [0.2, 0.25) is 0 Å². The molecule has 0 aliphatic heterocycles. The number of pyridine rings is 1. The maximum Gasteiger partial charge on any atom is 0.280 e. The maximum atomic E-state index is 12.3. The fourth-order valence-electron chi connectivity index (χ4n) is 2.58. The van der Waals surface area contributed by atoms with Crippen LogP contribution in [0.2, 0.25) is 0 Å². The summed E-state index contributed by atoms with van der Waals surface area (Å²) in [5.41, 5.74) is 3.37. The molecular formula is C18H15N5OS. The molecule has 0 atom stereocenters. The summed E-state index contributed by atoms with van der Waals surface area (Å²) in [4.78, 5) is 21.0. The van der Waals surface area contributed by atoms with Crippen molar-refractivity contribution in [3.05, 3.63) is 65.4 Å². The first-order valence-electron chi connectivity index (χ1n) is 7.79. The van der Waals surface area contributed by atoms with E-state index in [0.29, 0.717) is 11.6 Å². The minimum Gasteiger partial charge on any atom is -0.344 e. The second-order valence-corrected chi connectivity index (χ2v) is 6.56.